The predicted molar refractivity (Wildman–Crippen MR) is 72.3 cm³/mol. The number of carbonyl (C=O) groups excluding carboxylic acids is 1. The zero-order chi connectivity index (χ0) is 14.4. The van der Waals surface area contributed by atoms with Gasteiger partial charge in [-0.3, -0.25) is 4.79 Å². The van der Waals surface area contributed by atoms with Gasteiger partial charge >= 0.3 is 0 Å². The highest BCUT2D eigenvalue weighted by Gasteiger charge is 2.20. The molecular weight excluding hydrogens is 247 g/mol. The predicted octanol–water partition coefficient (Wildman–Crippen LogP) is 1.75. The summed E-state index contributed by atoms with van der Waals surface area (Å²) in [5, 5.41) is 0. The second kappa shape index (κ2) is 7.09. The van der Waals surface area contributed by atoms with Crippen LogP contribution < -0.4 is 16.2 Å². The van der Waals surface area contributed by atoms with Gasteiger partial charge in [0.2, 0.25) is 0 Å². The van der Waals surface area contributed by atoms with E-state index in [1.54, 1.807) is 19.1 Å². The molecule has 2 unspecified atom stereocenters. The van der Waals surface area contributed by atoms with Crippen molar-refractivity contribution in [2.24, 2.45) is 11.5 Å². The van der Waals surface area contributed by atoms with Crippen molar-refractivity contribution >= 4 is 5.91 Å². The summed E-state index contributed by atoms with van der Waals surface area (Å²) in [4.78, 5) is 11.2. The summed E-state index contributed by atoms with van der Waals surface area (Å²) in [6, 6.07) is 4.58. The van der Waals surface area contributed by atoms with Crippen LogP contribution in [0.1, 0.15) is 32.3 Å². The van der Waals surface area contributed by atoms with E-state index in [0.717, 1.165) is 6.42 Å². The summed E-state index contributed by atoms with van der Waals surface area (Å²) in [5.41, 5.74) is 11.8. The zero-order valence-electron chi connectivity index (χ0n) is 11.4. The van der Waals surface area contributed by atoms with Gasteiger partial charge in [0.25, 0.3) is 5.91 Å². The van der Waals surface area contributed by atoms with E-state index in [0.29, 0.717) is 18.4 Å². The lowest BCUT2D eigenvalue weighted by Crippen LogP contribution is -2.33. The van der Waals surface area contributed by atoms with Crippen LogP contribution in [0.15, 0.2) is 18.2 Å². The molecule has 0 aliphatic rings. The summed E-state index contributed by atoms with van der Waals surface area (Å²) in [5.74, 6) is -1.02. The van der Waals surface area contributed by atoms with Gasteiger partial charge in [-0.25, -0.2) is 4.39 Å². The van der Waals surface area contributed by atoms with Crippen LogP contribution in [0.2, 0.25) is 0 Å². The molecule has 2 atom stereocenters. The van der Waals surface area contributed by atoms with Gasteiger partial charge in [0.15, 0.2) is 17.7 Å². The second-order valence-electron chi connectivity index (χ2n) is 4.52. The number of amides is 1. The number of halogens is 1. The van der Waals surface area contributed by atoms with Gasteiger partial charge in [-0.2, -0.15) is 0 Å². The first kappa shape index (κ1) is 15.4. The molecule has 0 bridgehead atoms. The van der Waals surface area contributed by atoms with Crippen molar-refractivity contribution in [2.45, 2.75) is 45.3 Å². The van der Waals surface area contributed by atoms with E-state index in [-0.39, 0.29) is 11.8 Å². The van der Waals surface area contributed by atoms with Crippen molar-refractivity contribution in [3.63, 3.8) is 0 Å². The molecule has 0 fully saturated rings. The fourth-order valence-electron chi connectivity index (χ4n) is 1.76. The molecule has 0 saturated carbocycles. The Balaban J connectivity index is 3.00. The average molecular weight is 268 g/mol. The number of benzene rings is 1. The van der Waals surface area contributed by atoms with E-state index >= 15 is 0 Å². The van der Waals surface area contributed by atoms with Crippen LogP contribution in [-0.2, 0) is 11.2 Å². The number of para-hydroxylation sites is 1. The van der Waals surface area contributed by atoms with Crippen molar-refractivity contribution < 1.29 is 13.9 Å². The SMILES string of the molecule is CCC(N)Cc1cccc(F)c1OC(CC)C(N)=O. The standard InChI is InChI=1S/C14H21FN2O2/c1-3-10(16)8-9-6-5-7-11(15)13(9)19-12(4-2)14(17)18/h5-7,10,12H,3-4,8,16H2,1-2H3,(H2,17,18). The van der Waals surface area contributed by atoms with Crippen LogP contribution in [0.25, 0.3) is 0 Å². The molecule has 19 heavy (non-hydrogen) atoms. The first-order valence-electron chi connectivity index (χ1n) is 6.48. The van der Waals surface area contributed by atoms with Crippen molar-refractivity contribution in [1.82, 2.24) is 0 Å². The smallest absolute Gasteiger partial charge is 0.258 e. The quantitative estimate of drug-likeness (QED) is 0.790. The number of nitrogens with two attached hydrogens (primary N) is 2. The Morgan fingerprint density at radius 2 is 2.05 bits per heavy atom. The minimum absolute atomic E-state index is 0.0715. The molecule has 4 N–H and O–H groups in total. The highest BCUT2D eigenvalue weighted by Crippen LogP contribution is 2.25. The summed E-state index contributed by atoms with van der Waals surface area (Å²) in [6.45, 7) is 3.72. The van der Waals surface area contributed by atoms with Crippen molar-refractivity contribution in [2.75, 3.05) is 0 Å². The van der Waals surface area contributed by atoms with Crippen LogP contribution in [0.5, 0.6) is 5.75 Å². The van der Waals surface area contributed by atoms with E-state index in [1.807, 2.05) is 6.92 Å². The maximum absolute atomic E-state index is 13.8. The first-order valence-corrected chi connectivity index (χ1v) is 6.48. The Morgan fingerprint density at radius 1 is 1.37 bits per heavy atom. The highest BCUT2D eigenvalue weighted by molar-refractivity contribution is 5.79. The van der Waals surface area contributed by atoms with Gasteiger partial charge in [-0.05, 0) is 30.9 Å². The lowest BCUT2D eigenvalue weighted by atomic mass is 10.0. The molecule has 1 amide bonds. The van der Waals surface area contributed by atoms with Gasteiger partial charge in [0.1, 0.15) is 0 Å². The minimum atomic E-state index is -0.825. The minimum Gasteiger partial charge on any atom is -0.477 e. The molecule has 5 heteroatoms. The third-order valence-electron chi connectivity index (χ3n) is 3.00. The lowest BCUT2D eigenvalue weighted by molar-refractivity contribution is -0.124. The Morgan fingerprint density at radius 3 is 2.58 bits per heavy atom. The van der Waals surface area contributed by atoms with Crippen molar-refractivity contribution in [3.05, 3.63) is 29.6 Å². The molecule has 0 spiro atoms. The third-order valence-corrected chi connectivity index (χ3v) is 3.00. The van der Waals surface area contributed by atoms with E-state index in [2.05, 4.69) is 0 Å². The molecule has 1 aromatic carbocycles. The Kier molecular flexibility index (Phi) is 5.76. The highest BCUT2D eigenvalue weighted by atomic mass is 19.1. The number of ether oxygens (including phenoxy) is 1. The normalized spacial score (nSPS) is 13.9. The zero-order valence-corrected chi connectivity index (χ0v) is 11.4. The molecule has 1 aromatic rings. The fourth-order valence-corrected chi connectivity index (χ4v) is 1.76. The lowest BCUT2D eigenvalue weighted by Gasteiger charge is -2.19. The first-order chi connectivity index (χ1) is 8.99. The van der Waals surface area contributed by atoms with Crippen LogP contribution in [0.4, 0.5) is 4.39 Å². The Hall–Kier alpha value is -1.62. The number of primary amides is 1. The topological polar surface area (TPSA) is 78.3 Å². The maximum Gasteiger partial charge on any atom is 0.258 e. The molecule has 0 aliphatic carbocycles. The summed E-state index contributed by atoms with van der Waals surface area (Å²) in [6.07, 6.45) is 0.846. The van der Waals surface area contributed by atoms with Crippen LogP contribution in [0.3, 0.4) is 0 Å². The molecule has 0 saturated heterocycles. The van der Waals surface area contributed by atoms with E-state index in [9.17, 15) is 9.18 Å². The molecule has 0 radical (unpaired) electrons. The number of carbonyl (C=O) groups is 1. The average Bonchev–Trinajstić information content (AvgIpc) is 2.37. The molecule has 1 rings (SSSR count). The molecule has 106 valence electrons. The summed E-state index contributed by atoms with van der Waals surface area (Å²) in [7, 11) is 0. The van der Waals surface area contributed by atoms with Gasteiger partial charge in [0, 0.05) is 6.04 Å². The van der Waals surface area contributed by atoms with E-state index in [4.69, 9.17) is 16.2 Å². The molecule has 0 aliphatic heterocycles. The largest absolute Gasteiger partial charge is 0.477 e. The molecule has 0 aromatic heterocycles. The van der Waals surface area contributed by atoms with E-state index in [1.165, 1.54) is 6.07 Å². The van der Waals surface area contributed by atoms with Crippen molar-refractivity contribution in [1.29, 1.82) is 0 Å². The van der Waals surface area contributed by atoms with Crippen LogP contribution in [-0.4, -0.2) is 18.1 Å². The number of rotatable bonds is 7. The molecule has 4 nitrogen and oxygen atoms in total. The fraction of sp³-hybridized carbons (Fsp3) is 0.500. The second-order valence-corrected chi connectivity index (χ2v) is 4.52. The van der Waals surface area contributed by atoms with Crippen LogP contribution >= 0.6 is 0 Å². The maximum atomic E-state index is 13.8. The summed E-state index contributed by atoms with van der Waals surface area (Å²) < 4.78 is 19.3. The van der Waals surface area contributed by atoms with Gasteiger partial charge in [-0.15, -0.1) is 0 Å². The van der Waals surface area contributed by atoms with Crippen LogP contribution in [0, 0.1) is 5.82 Å². The Labute approximate surface area is 112 Å². The Bertz CT molecular complexity index is 437. The third kappa shape index (κ3) is 4.21. The van der Waals surface area contributed by atoms with Gasteiger partial charge in [0.05, 0.1) is 0 Å². The van der Waals surface area contributed by atoms with Gasteiger partial charge < -0.3 is 16.2 Å². The number of hydrogen-bond donors (Lipinski definition) is 2. The monoisotopic (exact) mass is 268 g/mol. The summed E-state index contributed by atoms with van der Waals surface area (Å²) >= 11 is 0. The molecular formula is C14H21FN2O2. The molecule has 0 heterocycles. The van der Waals surface area contributed by atoms with Gasteiger partial charge in [-0.1, -0.05) is 26.0 Å². The van der Waals surface area contributed by atoms with E-state index < -0.39 is 17.8 Å². The van der Waals surface area contributed by atoms with Crippen molar-refractivity contribution in [3.8, 4) is 5.75 Å². The number of hydrogen-bond acceptors (Lipinski definition) is 3.